The van der Waals surface area contributed by atoms with Gasteiger partial charge in [0.1, 0.15) is 17.1 Å². The average Bonchev–Trinajstić information content (AvgIpc) is 3.32. The Hall–Kier alpha value is -3.38. The largest absolute Gasteiger partial charge is 0.507 e. The molecule has 3 aromatic carbocycles. The lowest BCUT2D eigenvalue weighted by atomic mass is 9.95. The summed E-state index contributed by atoms with van der Waals surface area (Å²) >= 11 is 3.56. The number of H-pyrrole nitrogens is 1. The summed E-state index contributed by atoms with van der Waals surface area (Å²) in [6.07, 6.45) is 0.751. The number of fused-ring (bicyclic) bond motifs is 1. The van der Waals surface area contributed by atoms with Gasteiger partial charge in [-0.3, -0.25) is 9.89 Å². The van der Waals surface area contributed by atoms with E-state index in [1.165, 1.54) is 5.56 Å². The van der Waals surface area contributed by atoms with Gasteiger partial charge < -0.3 is 10.0 Å². The maximum Gasteiger partial charge on any atom is 0.273 e. The van der Waals surface area contributed by atoms with E-state index in [1.54, 1.807) is 12.1 Å². The summed E-state index contributed by atoms with van der Waals surface area (Å²) in [5.74, 6) is 0.0602. The topological polar surface area (TPSA) is 69.2 Å². The Bertz CT molecular complexity index is 1250. The second-order valence-electron chi connectivity index (χ2n) is 7.57. The van der Waals surface area contributed by atoms with Crippen molar-refractivity contribution in [1.29, 1.82) is 0 Å². The van der Waals surface area contributed by atoms with Gasteiger partial charge in [-0.05, 0) is 41.8 Å². The Labute approximate surface area is 188 Å². The number of nitrogens with one attached hydrogen (secondary N) is 1. The van der Waals surface area contributed by atoms with E-state index in [-0.39, 0.29) is 17.7 Å². The number of phenols is 1. The first-order valence-corrected chi connectivity index (χ1v) is 10.9. The van der Waals surface area contributed by atoms with Gasteiger partial charge in [0.2, 0.25) is 0 Å². The maximum absolute atomic E-state index is 13.4. The molecule has 1 aliphatic heterocycles. The van der Waals surface area contributed by atoms with E-state index in [0.717, 1.165) is 22.0 Å². The second-order valence-corrected chi connectivity index (χ2v) is 8.49. The highest BCUT2D eigenvalue weighted by molar-refractivity contribution is 9.10. The molecule has 2 N–H and O–H groups in total. The molecule has 1 amide bonds. The van der Waals surface area contributed by atoms with Crippen LogP contribution < -0.4 is 0 Å². The van der Waals surface area contributed by atoms with Crippen molar-refractivity contribution in [2.45, 2.75) is 12.5 Å². The fraction of sp³-hybridized carbons (Fsp3) is 0.120. The molecule has 0 radical (unpaired) electrons. The van der Waals surface area contributed by atoms with E-state index in [1.807, 2.05) is 59.5 Å². The Balaban J connectivity index is 1.61. The summed E-state index contributed by atoms with van der Waals surface area (Å²) in [4.78, 5) is 15.3. The Morgan fingerprint density at radius 1 is 1.00 bits per heavy atom. The van der Waals surface area contributed by atoms with Crippen LogP contribution in [0.2, 0.25) is 0 Å². The standard InChI is InChI=1S/C25H20BrN3O2/c26-18-10-6-9-17(15-18)24-21-22(19-11-4-5-12-20(19)30)27-28-23(21)25(31)29(24)14-13-16-7-2-1-3-8-16/h1-12,15,24,30H,13-14H2,(H,27,28)/t24-/m0/s1. The summed E-state index contributed by atoms with van der Waals surface area (Å²) in [7, 11) is 0. The molecule has 0 bridgehead atoms. The molecule has 2 heterocycles. The number of aromatic nitrogens is 2. The third-order valence-electron chi connectivity index (χ3n) is 5.67. The van der Waals surface area contributed by atoms with Gasteiger partial charge in [0.05, 0.1) is 6.04 Å². The van der Waals surface area contributed by atoms with Crippen LogP contribution in [0.3, 0.4) is 0 Å². The van der Waals surface area contributed by atoms with Gasteiger partial charge >= 0.3 is 0 Å². The Morgan fingerprint density at radius 3 is 2.55 bits per heavy atom. The predicted octanol–water partition coefficient (Wildman–Crippen LogP) is 5.33. The Morgan fingerprint density at radius 2 is 1.77 bits per heavy atom. The van der Waals surface area contributed by atoms with E-state index < -0.39 is 0 Å². The van der Waals surface area contributed by atoms with E-state index in [2.05, 4.69) is 38.3 Å². The van der Waals surface area contributed by atoms with Crippen molar-refractivity contribution in [3.63, 3.8) is 0 Å². The molecule has 5 rings (SSSR count). The molecule has 0 saturated carbocycles. The minimum absolute atomic E-state index is 0.0786. The van der Waals surface area contributed by atoms with Gasteiger partial charge in [-0.15, -0.1) is 0 Å². The van der Waals surface area contributed by atoms with Crippen LogP contribution in [0.4, 0.5) is 0 Å². The zero-order valence-electron chi connectivity index (χ0n) is 16.6. The highest BCUT2D eigenvalue weighted by Gasteiger charge is 2.42. The first-order valence-electron chi connectivity index (χ1n) is 10.1. The molecule has 1 aliphatic rings. The molecule has 31 heavy (non-hydrogen) atoms. The number of hydrogen-bond acceptors (Lipinski definition) is 3. The number of rotatable bonds is 5. The average molecular weight is 474 g/mol. The summed E-state index contributed by atoms with van der Waals surface area (Å²) < 4.78 is 0.946. The van der Waals surface area contributed by atoms with Crippen LogP contribution in [0.5, 0.6) is 5.75 Å². The molecule has 4 aromatic rings. The van der Waals surface area contributed by atoms with Crippen molar-refractivity contribution in [1.82, 2.24) is 15.1 Å². The van der Waals surface area contributed by atoms with Crippen molar-refractivity contribution >= 4 is 21.8 Å². The quantitative estimate of drug-likeness (QED) is 0.411. The Kier molecular flexibility index (Phi) is 5.08. The first-order chi connectivity index (χ1) is 15.1. The van der Waals surface area contributed by atoms with Crippen LogP contribution in [-0.4, -0.2) is 32.7 Å². The van der Waals surface area contributed by atoms with Crippen LogP contribution >= 0.6 is 15.9 Å². The predicted molar refractivity (Wildman–Crippen MR) is 123 cm³/mol. The number of phenolic OH excluding ortho intramolecular Hbond substituents is 1. The lowest BCUT2D eigenvalue weighted by Gasteiger charge is -2.26. The maximum atomic E-state index is 13.4. The minimum atomic E-state index is -0.294. The van der Waals surface area contributed by atoms with Crippen molar-refractivity contribution in [3.05, 3.63) is 106 Å². The number of carbonyl (C=O) groups is 1. The number of aromatic amines is 1. The van der Waals surface area contributed by atoms with Gasteiger partial charge in [-0.25, -0.2) is 0 Å². The van der Waals surface area contributed by atoms with Gasteiger partial charge in [-0.1, -0.05) is 70.5 Å². The molecular weight excluding hydrogens is 454 g/mol. The van der Waals surface area contributed by atoms with Crippen molar-refractivity contribution in [2.24, 2.45) is 0 Å². The van der Waals surface area contributed by atoms with Crippen molar-refractivity contribution in [3.8, 4) is 17.0 Å². The van der Waals surface area contributed by atoms with E-state index >= 15 is 0 Å². The van der Waals surface area contributed by atoms with Crippen LogP contribution in [-0.2, 0) is 6.42 Å². The molecule has 154 valence electrons. The molecule has 6 heteroatoms. The number of para-hydroxylation sites is 1. The van der Waals surface area contributed by atoms with Crippen LogP contribution in [0.25, 0.3) is 11.3 Å². The lowest BCUT2D eigenvalue weighted by Crippen LogP contribution is -2.31. The highest BCUT2D eigenvalue weighted by atomic mass is 79.9. The van der Waals surface area contributed by atoms with Crippen molar-refractivity contribution in [2.75, 3.05) is 6.54 Å². The van der Waals surface area contributed by atoms with Gasteiger partial charge in [0.25, 0.3) is 5.91 Å². The number of nitrogens with zero attached hydrogens (tertiary/aromatic N) is 2. The molecule has 1 atom stereocenters. The number of hydrogen-bond donors (Lipinski definition) is 2. The molecular formula is C25H20BrN3O2. The summed E-state index contributed by atoms with van der Waals surface area (Å²) in [5.41, 5.74) is 4.67. The van der Waals surface area contributed by atoms with Gasteiger partial charge in [0, 0.05) is 22.1 Å². The van der Waals surface area contributed by atoms with Crippen LogP contribution in [0.1, 0.15) is 33.2 Å². The van der Waals surface area contributed by atoms with Crippen LogP contribution in [0.15, 0.2) is 83.3 Å². The third-order valence-corrected chi connectivity index (χ3v) is 6.16. The summed E-state index contributed by atoms with van der Waals surface area (Å²) in [6.45, 7) is 0.572. The molecule has 5 nitrogen and oxygen atoms in total. The minimum Gasteiger partial charge on any atom is -0.507 e. The summed E-state index contributed by atoms with van der Waals surface area (Å²) in [6, 6.07) is 24.9. The normalized spacial score (nSPS) is 15.3. The van der Waals surface area contributed by atoms with E-state index in [9.17, 15) is 9.90 Å². The fourth-order valence-electron chi connectivity index (χ4n) is 4.22. The van der Waals surface area contributed by atoms with E-state index in [4.69, 9.17) is 0 Å². The molecule has 0 unspecified atom stereocenters. The van der Waals surface area contributed by atoms with Gasteiger partial charge in [0.15, 0.2) is 0 Å². The smallest absolute Gasteiger partial charge is 0.273 e. The SMILES string of the molecule is O=C1c2[nH]nc(-c3ccccc3O)c2[C@H](c2cccc(Br)c2)N1CCc1ccccc1. The molecule has 1 aromatic heterocycles. The number of halogens is 1. The zero-order valence-corrected chi connectivity index (χ0v) is 18.2. The third kappa shape index (κ3) is 3.53. The first kappa shape index (κ1) is 19.6. The van der Waals surface area contributed by atoms with E-state index in [0.29, 0.717) is 23.5 Å². The number of benzene rings is 3. The molecule has 0 spiro atoms. The second kappa shape index (κ2) is 8.04. The molecule has 0 fully saturated rings. The van der Waals surface area contributed by atoms with Crippen molar-refractivity contribution < 1.29 is 9.90 Å². The lowest BCUT2D eigenvalue weighted by molar-refractivity contribution is 0.0746. The monoisotopic (exact) mass is 473 g/mol. The molecule has 0 saturated heterocycles. The zero-order chi connectivity index (χ0) is 21.4. The fourth-order valence-corrected chi connectivity index (χ4v) is 4.64. The van der Waals surface area contributed by atoms with Gasteiger partial charge in [-0.2, -0.15) is 5.10 Å². The number of aromatic hydroxyl groups is 1. The highest BCUT2D eigenvalue weighted by Crippen LogP contribution is 2.44. The number of amides is 1. The van der Waals surface area contributed by atoms with Crippen LogP contribution in [0, 0.1) is 0 Å². The number of carbonyl (C=O) groups excluding carboxylic acids is 1. The molecule has 0 aliphatic carbocycles. The summed E-state index contributed by atoms with van der Waals surface area (Å²) in [5, 5.41) is 17.8.